The van der Waals surface area contributed by atoms with Crippen LogP contribution < -0.4 is 5.32 Å². The second-order valence-corrected chi connectivity index (χ2v) is 6.53. The monoisotopic (exact) mass is 306 g/mol. The number of fused-ring (bicyclic) bond motifs is 2. The molecule has 2 aromatic heterocycles. The van der Waals surface area contributed by atoms with Crippen molar-refractivity contribution >= 4 is 32.3 Å². The Bertz CT molecular complexity index is 904. The maximum atomic E-state index is 3.55. The maximum absolute atomic E-state index is 3.55. The van der Waals surface area contributed by atoms with Crippen LogP contribution in [0.2, 0.25) is 0 Å². The Morgan fingerprint density at radius 2 is 2.00 bits per heavy atom. The summed E-state index contributed by atoms with van der Waals surface area (Å²) in [6.07, 6.45) is 3.18. The molecule has 0 aliphatic rings. The summed E-state index contributed by atoms with van der Waals surface area (Å²) in [5.74, 6) is 0. The standard InChI is InChI=1S/C19H18N2S/c1-2-4-18-17(3-1)16(13-21-18)7-9-20-12-14-5-6-19-15(11-14)8-10-22-19/h1-6,8,10-11,13,20-21H,7,9,12H2. The minimum atomic E-state index is 0.925. The van der Waals surface area contributed by atoms with E-state index in [1.54, 1.807) is 11.3 Å². The number of nitrogens with one attached hydrogen (secondary N) is 2. The number of rotatable bonds is 5. The number of aromatic nitrogens is 1. The first-order valence-electron chi connectivity index (χ1n) is 7.62. The number of benzene rings is 2. The largest absolute Gasteiger partial charge is 0.361 e. The molecule has 4 aromatic rings. The topological polar surface area (TPSA) is 27.8 Å². The van der Waals surface area contributed by atoms with Crippen LogP contribution in [0.5, 0.6) is 0 Å². The molecule has 110 valence electrons. The summed E-state index contributed by atoms with van der Waals surface area (Å²) in [7, 11) is 0. The third kappa shape index (κ3) is 2.65. The van der Waals surface area contributed by atoms with Crippen LogP contribution in [0.3, 0.4) is 0 Å². The molecule has 0 fully saturated rings. The van der Waals surface area contributed by atoms with E-state index in [0.717, 1.165) is 19.5 Å². The summed E-state index contributed by atoms with van der Waals surface area (Å²) in [5, 5.41) is 8.39. The van der Waals surface area contributed by atoms with E-state index in [4.69, 9.17) is 0 Å². The van der Waals surface area contributed by atoms with E-state index < -0.39 is 0 Å². The Morgan fingerprint density at radius 3 is 3.00 bits per heavy atom. The molecule has 3 heteroatoms. The van der Waals surface area contributed by atoms with E-state index in [2.05, 4.69) is 70.4 Å². The van der Waals surface area contributed by atoms with Crippen molar-refractivity contribution in [3.05, 3.63) is 71.2 Å². The van der Waals surface area contributed by atoms with Crippen LogP contribution in [-0.2, 0) is 13.0 Å². The van der Waals surface area contributed by atoms with Crippen LogP contribution in [0.25, 0.3) is 21.0 Å². The fraction of sp³-hybridized carbons (Fsp3) is 0.158. The van der Waals surface area contributed by atoms with Crippen molar-refractivity contribution in [3.8, 4) is 0 Å². The zero-order valence-corrected chi connectivity index (χ0v) is 13.1. The summed E-state index contributed by atoms with van der Waals surface area (Å²) in [6, 6.07) is 17.4. The van der Waals surface area contributed by atoms with Crippen molar-refractivity contribution in [1.82, 2.24) is 10.3 Å². The highest BCUT2D eigenvalue weighted by molar-refractivity contribution is 7.17. The van der Waals surface area contributed by atoms with Gasteiger partial charge in [-0.05, 0) is 59.1 Å². The first-order chi connectivity index (χ1) is 10.9. The summed E-state index contributed by atoms with van der Waals surface area (Å²) in [6.45, 7) is 1.91. The van der Waals surface area contributed by atoms with Crippen LogP contribution in [0.4, 0.5) is 0 Å². The lowest BCUT2D eigenvalue weighted by molar-refractivity contribution is 0.689. The average Bonchev–Trinajstić information content (AvgIpc) is 3.18. The fourth-order valence-electron chi connectivity index (χ4n) is 2.92. The molecule has 2 nitrogen and oxygen atoms in total. The van der Waals surface area contributed by atoms with Crippen molar-refractivity contribution in [2.75, 3.05) is 6.54 Å². The highest BCUT2D eigenvalue weighted by Crippen LogP contribution is 2.21. The fourth-order valence-corrected chi connectivity index (χ4v) is 3.69. The number of para-hydroxylation sites is 1. The third-order valence-corrected chi connectivity index (χ3v) is 4.99. The summed E-state index contributed by atoms with van der Waals surface area (Å²) < 4.78 is 1.36. The van der Waals surface area contributed by atoms with E-state index in [1.807, 2.05) is 0 Å². The quantitative estimate of drug-likeness (QED) is 0.513. The van der Waals surface area contributed by atoms with Gasteiger partial charge in [-0.1, -0.05) is 24.3 Å². The van der Waals surface area contributed by atoms with Gasteiger partial charge in [0.2, 0.25) is 0 Å². The second-order valence-electron chi connectivity index (χ2n) is 5.58. The van der Waals surface area contributed by atoms with Crippen LogP contribution in [-0.4, -0.2) is 11.5 Å². The number of hydrogen-bond acceptors (Lipinski definition) is 2. The average molecular weight is 306 g/mol. The highest BCUT2D eigenvalue weighted by atomic mass is 32.1. The molecule has 0 atom stereocenters. The molecule has 2 heterocycles. The molecule has 0 aliphatic heterocycles. The number of thiophene rings is 1. The Hall–Kier alpha value is -2.10. The third-order valence-electron chi connectivity index (χ3n) is 4.09. The van der Waals surface area contributed by atoms with Crippen LogP contribution in [0.1, 0.15) is 11.1 Å². The maximum Gasteiger partial charge on any atom is 0.0456 e. The van der Waals surface area contributed by atoms with Crippen molar-refractivity contribution in [2.45, 2.75) is 13.0 Å². The summed E-state index contributed by atoms with van der Waals surface area (Å²) in [4.78, 5) is 3.34. The van der Waals surface area contributed by atoms with Gasteiger partial charge in [-0.3, -0.25) is 0 Å². The first-order valence-corrected chi connectivity index (χ1v) is 8.50. The molecule has 4 rings (SSSR count). The van der Waals surface area contributed by atoms with Gasteiger partial charge in [0, 0.05) is 28.3 Å². The second kappa shape index (κ2) is 5.95. The smallest absolute Gasteiger partial charge is 0.0456 e. The van der Waals surface area contributed by atoms with Gasteiger partial charge in [-0.15, -0.1) is 11.3 Å². The molecular weight excluding hydrogens is 288 g/mol. The Morgan fingerprint density at radius 1 is 1.05 bits per heavy atom. The Kier molecular flexibility index (Phi) is 3.67. The zero-order valence-electron chi connectivity index (χ0n) is 12.3. The highest BCUT2D eigenvalue weighted by Gasteiger charge is 2.02. The lowest BCUT2D eigenvalue weighted by Crippen LogP contribution is -2.16. The van der Waals surface area contributed by atoms with E-state index in [-0.39, 0.29) is 0 Å². The first kappa shape index (κ1) is 13.6. The number of hydrogen-bond donors (Lipinski definition) is 2. The molecule has 22 heavy (non-hydrogen) atoms. The van der Waals surface area contributed by atoms with Crippen LogP contribution in [0, 0.1) is 0 Å². The van der Waals surface area contributed by atoms with Gasteiger partial charge in [-0.25, -0.2) is 0 Å². The molecule has 0 saturated heterocycles. The van der Waals surface area contributed by atoms with Gasteiger partial charge in [0.05, 0.1) is 0 Å². The predicted octanol–water partition coefficient (Wildman–Crippen LogP) is 4.71. The molecule has 0 spiro atoms. The van der Waals surface area contributed by atoms with Crippen molar-refractivity contribution < 1.29 is 0 Å². The predicted molar refractivity (Wildman–Crippen MR) is 95.5 cm³/mol. The van der Waals surface area contributed by atoms with Crippen molar-refractivity contribution in [2.24, 2.45) is 0 Å². The lowest BCUT2D eigenvalue weighted by Gasteiger charge is -2.05. The normalized spacial score (nSPS) is 11.5. The SMILES string of the molecule is c1ccc2c(CCNCc3ccc4sccc4c3)c[nH]c2c1. The minimum Gasteiger partial charge on any atom is -0.361 e. The van der Waals surface area contributed by atoms with Crippen molar-refractivity contribution in [3.63, 3.8) is 0 Å². The summed E-state index contributed by atoms with van der Waals surface area (Å²) in [5.41, 5.74) is 3.96. The summed E-state index contributed by atoms with van der Waals surface area (Å²) >= 11 is 1.80. The van der Waals surface area contributed by atoms with Gasteiger partial charge in [0.1, 0.15) is 0 Å². The molecule has 2 N–H and O–H groups in total. The minimum absolute atomic E-state index is 0.925. The molecule has 2 aromatic carbocycles. The van der Waals surface area contributed by atoms with E-state index in [0.29, 0.717) is 0 Å². The molecule has 0 bridgehead atoms. The molecule has 0 aliphatic carbocycles. The van der Waals surface area contributed by atoms with Crippen LogP contribution in [0.15, 0.2) is 60.1 Å². The molecule has 0 amide bonds. The number of aromatic amines is 1. The van der Waals surface area contributed by atoms with E-state index in [1.165, 1.54) is 32.1 Å². The zero-order chi connectivity index (χ0) is 14.8. The Labute approximate surface area is 133 Å². The molecule has 0 saturated carbocycles. The van der Waals surface area contributed by atoms with Gasteiger partial charge in [0.25, 0.3) is 0 Å². The van der Waals surface area contributed by atoms with Gasteiger partial charge < -0.3 is 10.3 Å². The van der Waals surface area contributed by atoms with E-state index >= 15 is 0 Å². The van der Waals surface area contributed by atoms with Crippen LogP contribution >= 0.6 is 11.3 Å². The molecular formula is C19H18N2S. The van der Waals surface area contributed by atoms with Crippen molar-refractivity contribution in [1.29, 1.82) is 0 Å². The van der Waals surface area contributed by atoms with Gasteiger partial charge in [0.15, 0.2) is 0 Å². The number of H-pyrrole nitrogens is 1. The van der Waals surface area contributed by atoms with Gasteiger partial charge >= 0.3 is 0 Å². The lowest BCUT2D eigenvalue weighted by atomic mass is 10.1. The Balaban J connectivity index is 1.37. The van der Waals surface area contributed by atoms with E-state index in [9.17, 15) is 0 Å². The van der Waals surface area contributed by atoms with Gasteiger partial charge in [-0.2, -0.15) is 0 Å². The molecule has 0 unspecified atom stereocenters. The molecule has 0 radical (unpaired) electrons.